The fourth-order valence-corrected chi connectivity index (χ4v) is 5.99. The zero-order chi connectivity index (χ0) is 26.9. The molecular formula is C27H25N5O4S2. The predicted octanol–water partition coefficient (Wildman–Crippen LogP) is 3.70. The Labute approximate surface area is 225 Å². The molecule has 5 rings (SSSR count). The summed E-state index contributed by atoms with van der Waals surface area (Å²) in [4.78, 5) is 31.1. The van der Waals surface area contributed by atoms with Crippen LogP contribution in [-0.2, 0) is 26.3 Å². The van der Waals surface area contributed by atoms with Gasteiger partial charge in [0.1, 0.15) is 6.54 Å². The van der Waals surface area contributed by atoms with Crippen LogP contribution in [-0.4, -0.2) is 39.0 Å². The highest BCUT2D eigenvalue weighted by atomic mass is 32.2. The smallest absolute Gasteiger partial charge is 0.326 e. The van der Waals surface area contributed by atoms with E-state index in [0.29, 0.717) is 21.4 Å². The highest BCUT2D eigenvalue weighted by Crippen LogP contribution is 2.29. The number of hydrogen-bond acceptors (Lipinski definition) is 7. The van der Waals surface area contributed by atoms with Crippen molar-refractivity contribution in [3.8, 4) is 0 Å². The summed E-state index contributed by atoms with van der Waals surface area (Å²) in [6.07, 6.45) is 1.82. The van der Waals surface area contributed by atoms with Gasteiger partial charge in [-0.25, -0.2) is 14.0 Å². The number of rotatable bonds is 6. The maximum Gasteiger partial charge on any atom is 0.326 e. The summed E-state index contributed by atoms with van der Waals surface area (Å²) in [5, 5.41) is 3.19. The number of aryl methyl sites for hydroxylation is 1. The number of aliphatic imine (C=N–C) groups is 1. The molecule has 38 heavy (non-hydrogen) atoms. The SMILES string of the molecule is Cc1ccc(N(C)Cc2ccc(/C=C3/SC(=Nc4ccc(N5CC(=O)NS5(=O)=O)cc4)NC3=O)cc2)cc1. The Hall–Kier alpha value is -4.09. The zero-order valence-electron chi connectivity index (χ0n) is 20.7. The molecule has 2 saturated heterocycles. The average Bonchev–Trinajstić information content (AvgIpc) is 3.36. The average molecular weight is 548 g/mol. The molecule has 2 aliphatic heterocycles. The summed E-state index contributed by atoms with van der Waals surface area (Å²) >= 11 is 1.23. The maximum absolute atomic E-state index is 12.5. The van der Waals surface area contributed by atoms with Gasteiger partial charge in [0.05, 0.1) is 16.3 Å². The molecule has 0 atom stereocenters. The van der Waals surface area contributed by atoms with Crippen molar-refractivity contribution in [2.24, 2.45) is 4.99 Å². The van der Waals surface area contributed by atoms with E-state index in [4.69, 9.17) is 0 Å². The van der Waals surface area contributed by atoms with Crippen molar-refractivity contribution in [1.29, 1.82) is 0 Å². The molecule has 2 aliphatic rings. The minimum atomic E-state index is -3.87. The van der Waals surface area contributed by atoms with Gasteiger partial charge in [-0.3, -0.25) is 9.59 Å². The van der Waals surface area contributed by atoms with Crippen LogP contribution in [0.1, 0.15) is 16.7 Å². The first kappa shape index (κ1) is 25.6. The van der Waals surface area contributed by atoms with Crippen molar-refractivity contribution in [3.05, 3.63) is 94.4 Å². The molecular weight excluding hydrogens is 522 g/mol. The summed E-state index contributed by atoms with van der Waals surface area (Å²) in [6, 6.07) is 22.9. The van der Waals surface area contributed by atoms with E-state index in [9.17, 15) is 18.0 Å². The van der Waals surface area contributed by atoms with Crippen LogP contribution in [0.25, 0.3) is 6.08 Å². The van der Waals surface area contributed by atoms with Crippen LogP contribution in [0.2, 0.25) is 0 Å². The van der Waals surface area contributed by atoms with Crippen molar-refractivity contribution in [2.75, 3.05) is 22.8 Å². The molecule has 11 heteroatoms. The van der Waals surface area contributed by atoms with Gasteiger partial charge in [0.2, 0.25) is 0 Å². The second-order valence-corrected chi connectivity index (χ2v) is 11.6. The molecule has 2 fully saturated rings. The van der Waals surface area contributed by atoms with Gasteiger partial charge in [-0.2, -0.15) is 8.42 Å². The lowest BCUT2D eigenvalue weighted by Crippen LogP contribution is -2.29. The first-order valence-electron chi connectivity index (χ1n) is 11.8. The number of amides is 2. The van der Waals surface area contributed by atoms with E-state index in [1.54, 1.807) is 24.3 Å². The second-order valence-electron chi connectivity index (χ2n) is 8.97. The molecule has 2 heterocycles. The maximum atomic E-state index is 12.5. The molecule has 0 radical (unpaired) electrons. The highest BCUT2D eigenvalue weighted by Gasteiger charge is 2.33. The van der Waals surface area contributed by atoms with Crippen LogP contribution < -0.4 is 19.2 Å². The third kappa shape index (κ3) is 5.74. The van der Waals surface area contributed by atoms with Gasteiger partial charge in [0.15, 0.2) is 5.17 Å². The van der Waals surface area contributed by atoms with Crippen molar-refractivity contribution in [1.82, 2.24) is 10.0 Å². The molecule has 0 bridgehead atoms. The standard InChI is InChI=1S/C27H25N5O4S2/c1-18-3-11-22(12-4-18)31(2)16-20-7-5-19(6-8-20)15-24-26(34)29-27(37-24)28-21-9-13-23(14-10-21)32-17-25(33)30-38(32,35)36/h3-15H,16-17H2,1-2H3,(H,30,33)(H,28,29,34)/b24-15+. The van der Waals surface area contributed by atoms with Gasteiger partial charge < -0.3 is 10.2 Å². The monoisotopic (exact) mass is 547 g/mol. The van der Waals surface area contributed by atoms with E-state index >= 15 is 0 Å². The molecule has 2 amide bonds. The van der Waals surface area contributed by atoms with E-state index in [1.165, 1.54) is 17.3 Å². The van der Waals surface area contributed by atoms with Crippen molar-refractivity contribution >= 4 is 62.1 Å². The molecule has 2 N–H and O–H groups in total. The Morgan fingerprint density at radius 3 is 2.32 bits per heavy atom. The molecule has 0 saturated carbocycles. The predicted molar refractivity (Wildman–Crippen MR) is 151 cm³/mol. The van der Waals surface area contributed by atoms with Gasteiger partial charge in [-0.15, -0.1) is 0 Å². The summed E-state index contributed by atoms with van der Waals surface area (Å²) in [5.74, 6) is -0.816. The van der Waals surface area contributed by atoms with Gasteiger partial charge >= 0.3 is 10.2 Å². The number of hydrogen-bond donors (Lipinski definition) is 2. The number of nitrogens with zero attached hydrogens (tertiary/aromatic N) is 3. The zero-order valence-corrected chi connectivity index (χ0v) is 22.3. The largest absolute Gasteiger partial charge is 0.370 e. The van der Waals surface area contributed by atoms with Gasteiger partial charge in [0, 0.05) is 19.3 Å². The van der Waals surface area contributed by atoms with Crippen molar-refractivity contribution in [2.45, 2.75) is 13.5 Å². The lowest BCUT2D eigenvalue weighted by atomic mass is 10.1. The number of thioether (sulfide) groups is 1. The molecule has 0 spiro atoms. The van der Waals surface area contributed by atoms with Crippen molar-refractivity contribution < 1.29 is 18.0 Å². The molecule has 0 unspecified atom stereocenters. The topological polar surface area (TPSA) is 111 Å². The first-order chi connectivity index (χ1) is 18.2. The summed E-state index contributed by atoms with van der Waals surface area (Å²) in [5.41, 5.74) is 5.33. The number of amidine groups is 1. The van der Waals surface area contributed by atoms with Gasteiger partial charge in [0.25, 0.3) is 11.8 Å². The number of carbonyl (C=O) groups is 2. The summed E-state index contributed by atoms with van der Waals surface area (Å²) in [7, 11) is -1.81. The molecule has 0 aromatic heterocycles. The van der Waals surface area contributed by atoms with E-state index in [0.717, 1.165) is 27.7 Å². The van der Waals surface area contributed by atoms with Crippen LogP contribution in [0, 0.1) is 6.92 Å². The molecule has 194 valence electrons. The second kappa shape index (κ2) is 10.3. The Kier molecular flexibility index (Phi) is 6.96. The minimum absolute atomic E-state index is 0.235. The number of anilines is 2. The Morgan fingerprint density at radius 1 is 1.00 bits per heavy atom. The summed E-state index contributed by atoms with van der Waals surface area (Å²) in [6.45, 7) is 2.57. The third-order valence-electron chi connectivity index (χ3n) is 6.01. The Bertz CT molecular complexity index is 1550. The molecule has 9 nitrogen and oxygen atoms in total. The van der Waals surface area contributed by atoms with E-state index in [-0.39, 0.29) is 12.5 Å². The van der Waals surface area contributed by atoms with Crippen LogP contribution >= 0.6 is 11.8 Å². The molecule has 3 aromatic carbocycles. The number of nitrogens with one attached hydrogen (secondary N) is 2. The van der Waals surface area contributed by atoms with E-state index in [2.05, 4.69) is 65.6 Å². The van der Waals surface area contributed by atoms with Crippen LogP contribution in [0.5, 0.6) is 0 Å². The number of benzene rings is 3. The quantitative estimate of drug-likeness (QED) is 0.456. The van der Waals surface area contributed by atoms with E-state index < -0.39 is 16.1 Å². The molecule has 3 aromatic rings. The molecule has 0 aliphatic carbocycles. The number of carbonyl (C=O) groups excluding carboxylic acids is 2. The minimum Gasteiger partial charge on any atom is -0.370 e. The fourth-order valence-electron chi connectivity index (χ4n) is 4.00. The lowest BCUT2D eigenvalue weighted by molar-refractivity contribution is -0.117. The van der Waals surface area contributed by atoms with Crippen molar-refractivity contribution in [3.63, 3.8) is 0 Å². The van der Waals surface area contributed by atoms with Gasteiger partial charge in [-0.05, 0) is 72.3 Å². The fraction of sp³-hybridized carbons (Fsp3) is 0.148. The summed E-state index contributed by atoms with van der Waals surface area (Å²) < 4.78 is 26.9. The van der Waals surface area contributed by atoms with Crippen LogP contribution in [0.3, 0.4) is 0 Å². The van der Waals surface area contributed by atoms with E-state index in [1.807, 2.05) is 22.9 Å². The van der Waals surface area contributed by atoms with Gasteiger partial charge in [-0.1, -0.05) is 42.0 Å². The lowest BCUT2D eigenvalue weighted by Gasteiger charge is -2.19. The highest BCUT2D eigenvalue weighted by molar-refractivity contribution is 8.18. The first-order valence-corrected chi connectivity index (χ1v) is 14.0. The van der Waals surface area contributed by atoms with Crippen LogP contribution in [0.15, 0.2) is 82.7 Å². The normalized spacial score (nSPS) is 18.6. The third-order valence-corrected chi connectivity index (χ3v) is 8.33. The Morgan fingerprint density at radius 2 is 1.68 bits per heavy atom. The van der Waals surface area contributed by atoms with Crippen LogP contribution in [0.4, 0.5) is 17.1 Å². The Balaban J connectivity index is 1.23.